The fourth-order valence-electron chi connectivity index (χ4n) is 3.18. The van der Waals surface area contributed by atoms with E-state index in [-0.39, 0.29) is 10.6 Å². The summed E-state index contributed by atoms with van der Waals surface area (Å²) in [5.41, 5.74) is 2.30. The van der Waals surface area contributed by atoms with Gasteiger partial charge in [0.2, 0.25) is 5.91 Å². The molecule has 8 heteroatoms. The molecular formula is C24H25ClN2O4S. The van der Waals surface area contributed by atoms with E-state index in [1.807, 2.05) is 38.1 Å². The molecule has 0 spiro atoms. The zero-order valence-corrected chi connectivity index (χ0v) is 19.5. The number of benzene rings is 3. The maximum absolute atomic E-state index is 13.5. The number of ether oxygens (including phenoxy) is 1. The van der Waals surface area contributed by atoms with Crippen molar-refractivity contribution in [3.8, 4) is 5.75 Å². The lowest BCUT2D eigenvalue weighted by Crippen LogP contribution is -2.40. The number of rotatable bonds is 9. The van der Waals surface area contributed by atoms with Crippen LogP contribution in [0.15, 0.2) is 77.7 Å². The molecule has 0 bridgehead atoms. The summed E-state index contributed by atoms with van der Waals surface area (Å²) in [4.78, 5) is 12.8. The van der Waals surface area contributed by atoms with E-state index >= 15 is 0 Å². The van der Waals surface area contributed by atoms with Crippen molar-refractivity contribution < 1.29 is 17.9 Å². The molecule has 0 radical (unpaired) electrons. The van der Waals surface area contributed by atoms with Crippen molar-refractivity contribution in [2.45, 2.75) is 25.3 Å². The molecule has 0 saturated carbocycles. The molecule has 3 aromatic carbocycles. The molecular weight excluding hydrogens is 448 g/mol. The van der Waals surface area contributed by atoms with Gasteiger partial charge in [-0.3, -0.25) is 9.10 Å². The van der Waals surface area contributed by atoms with Crippen molar-refractivity contribution in [1.29, 1.82) is 0 Å². The lowest BCUT2D eigenvalue weighted by molar-refractivity contribution is -0.119. The molecule has 0 aliphatic heterocycles. The van der Waals surface area contributed by atoms with Crippen molar-refractivity contribution in [3.05, 3.63) is 88.9 Å². The molecule has 0 atom stereocenters. The van der Waals surface area contributed by atoms with Gasteiger partial charge in [0.05, 0.1) is 17.2 Å². The van der Waals surface area contributed by atoms with Gasteiger partial charge in [-0.25, -0.2) is 8.42 Å². The molecule has 0 heterocycles. The number of nitrogens with one attached hydrogen (secondary N) is 1. The fraction of sp³-hybridized carbons (Fsp3) is 0.208. The molecule has 1 N–H and O–H groups in total. The van der Waals surface area contributed by atoms with Crippen molar-refractivity contribution in [1.82, 2.24) is 5.32 Å². The van der Waals surface area contributed by atoms with E-state index < -0.39 is 22.5 Å². The Bertz CT molecular complexity index is 1180. The van der Waals surface area contributed by atoms with Gasteiger partial charge in [0, 0.05) is 11.6 Å². The summed E-state index contributed by atoms with van der Waals surface area (Å²) < 4.78 is 33.7. The molecule has 168 valence electrons. The summed E-state index contributed by atoms with van der Waals surface area (Å²) in [5, 5.41) is 3.22. The molecule has 0 saturated heterocycles. The standard InChI is InChI=1S/C24H25ClN2O4S/c1-3-31-23-10-5-4-9-22(23)27(32(29,30)21-13-11-20(25)12-14-21)17-24(28)26-16-19-8-6-7-18(2)15-19/h4-15H,3,16-17H2,1-2H3,(H,26,28). The van der Waals surface area contributed by atoms with Crippen molar-refractivity contribution >= 4 is 33.2 Å². The SMILES string of the molecule is CCOc1ccccc1N(CC(=O)NCc1cccc(C)c1)S(=O)(=O)c1ccc(Cl)cc1. The van der Waals surface area contributed by atoms with Crippen LogP contribution in [0.5, 0.6) is 5.75 Å². The Morgan fingerprint density at radius 3 is 2.44 bits per heavy atom. The van der Waals surface area contributed by atoms with Crippen LogP contribution in [0.2, 0.25) is 5.02 Å². The van der Waals surface area contributed by atoms with E-state index in [1.54, 1.807) is 24.3 Å². The normalized spacial score (nSPS) is 11.1. The molecule has 3 rings (SSSR count). The van der Waals surface area contributed by atoms with Crippen LogP contribution in [0.1, 0.15) is 18.1 Å². The van der Waals surface area contributed by atoms with E-state index in [0.29, 0.717) is 23.9 Å². The maximum Gasteiger partial charge on any atom is 0.264 e. The third-order valence-corrected chi connectivity index (χ3v) is 6.72. The summed E-state index contributed by atoms with van der Waals surface area (Å²) in [6.07, 6.45) is 0. The number of nitrogens with zero attached hydrogens (tertiary/aromatic N) is 1. The first kappa shape index (κ1) is 23.6. The predicted octanol–water partition coefficient (Wildman–Crippen LogP) is 4.56. The van der Waals surface area contributed by atoms with Crippen LogP contribution in [0.4, 0.5) is 5.69 Å². The van der Waals surface area contributed by atoms with Gasteiger partial charge in [0.25, 0.3) is 10.0 Å². The van der Waals surface area contributed by atoms with Crippen LogP contribution in [-0.4, -0.2) is 27.5 Å². The largest absolute Gasteiger partial charge is 0.492 e. The van der Waals surface area contributed by atoms with Crippen LogP contribution < -0.4 is 14.4 Å². The van der Waals surface area contributed by atoms with Gasteiger partial charge in [-0.15, -0.1) is 0 Å². The Morgan fingerprint density at radius 1 is 1.03 bits per heavy atom. The summed E-state index contributed by atoms with van der Waals surface area (Å²) in [7, 11) is -4.06. The number of hydrogen-bond acceptors (Lipinski definition) is 4. The van der Waals surface area contributed by atoms with Crippen molar-refractivity contribution in [2.75, 3.05) is 17.5 Å². The van der Waals surface area contributed by atoms with Gasteiger partial charge < -0.3 is 10.1 Å². The molecule has 0 aromatic heterocycles. The van der Waals surface area contributed by atoms with Crippen LogP contribution in [0.25, 0.3) is 0 Å². The molecule has 32 heavy (non-hydrogen) atoms. The van der Waals surface area contributed by atoms with Crippen molar-refractivity contribution in [3.63, 3.8) is 0 Å². The second-order valence-electron chi connectivity index (χ2n) is 7.13. The number of halogens is 1. The van der Waals surface area contributed by atoms with Gasteiger partial charge >= 0.3 is 0 Å². The minimum absolute atomic E-state index is 0.0275. The van der Waals surface area contributed by atoms with Gasteiger partial charge in [-0.1, -0.05) is 53.6 Å². The molecule has 0 unspecified atom stereocenters. The van der Waals surface area contributed by atoms with Crippen LogP contribution in [0.3, 0.4) is 0 Å². The summed E-state index contributed by atoms with van der Waals surface area (Å²) >= 11 is 5.93. The van der Waals surface area contributed by atoms with Crippen LogP contribution in [0, 0.1) is 6.92 Å². The number of carbonyl (C=O) groups is 1. The summed E-state index contributed by atoms with van der Waals surface area (Å²) in [6.45, 7) is 4.02. The number of sulfonamides is 1. The number of para-hydroxylation sites is 2. The first-order valence-corrected chi connectivity index (χ1v) is 12.0. The molecule has 0 fully saturated rings. The van der Waals surface area contributed by atoms with E-state index in [2.05, 4.69) is 5.32 Å². The smallest absolute Gasteiger partial charge is 0.264 e. The monoisotopic (exact) mass is 472 g/mol. The highest BCUT2D eigenvalue weighted by Crippen LogP contribution is 2.32. The third-order valence-electron chi connectivity index (χ3n) is 4.69. The number of hydrogen-bond donors (Lipinski definition) is 1. The Kier molecular flexibility index (Phi) is 7.77. The van der Waals surface area contributed by atoms with Crippen molar-refractivity contribution in [2.24, 2.45) is 0 Å². The second kappa shape index (κ2) is 10.5. The highest BCUT2D eigenvalue weighted by molar-refractivity contribution is 7.92. The molecule has 0 aliphatic rings. The minimum Gasteiger partial charge on any atom is -0.492 e. The zero-order valence-electron chi connectivity index (χ0n) is 17.9. The van der Waals surface area contributed by atoms with E-state index in [9.17, 15) is 13.2 Å². The number of aryl methyl sites for hydroxylation is 1. The number of anilines is 1. The highest BCUT2D eigenvalue weighted by Gasteiger charge is 2.29. The predicted molar refractivity (Wildman–Crippen MR) is 127 cm³/mol. The van der Waals surface area contributed by atoms with E-state index in [4.69, 9.17) is 16.3 Å². The van der Waals surface area contributed by atoms with Gasteiger partial charge in [-0.2, -0.15) is 0 Å². The maximum atomic E-state index is 13.5. The minimum atomic E-state index is -4.06. The van der Waals surface area contributed by atoms with Crippen LogP contribution >= 0.6 is 11.6 Å². The number of amides is 1. The zero-order chi connectivity index (χ0) is 23.1. The second-order valence-corrected chi connectivity index (χ2v) is 9.43. The Hall–Kier alpha value is -3.03. The van der Waals surface area contributed by atoms with E-state index in [1.165, 1.54) is 24.3 Å². The summed E-state index contributed by atoms with van der Waals surface area (Å²) in [6, 6.07) is 20.3. The summed E-state index contributed by atoms with van der Waals surface area (Å²) in [5.74, 6) is -0.0608. The highest BCUT2D eigenvalue weighted by atomic mass is 35.5. The molecule has 0 aliphatic carbocycles. The Morgan fingerprint density at radius 2 is 1.75 bits per heavy atom. The lowest BCUT2D eigenvalue weighted by atomic mass is 10.1. The van der Waals surface area contributed by atoms with Crippen LogP contribution in [-0.2, 0) is 21.4 Å². The average Bonchev–Trinajstić information content (AvgIpc) is 2.77. The van der Waals surface area contributed by atoms with E-state index in [0.717, 1.165) is 15.4 Å². The van der Waals surface area contributed by atoms with Gasteiger partial charge in [0.1, 0.15) is 12.3 Å². The van der Waals surface area contributed by atoms with Gasteiger partial charge in [-0.05, 0) is 55.8 Å². The lowest BCUT2D eigenvalue weighted by Gasteiger charge is -2.26. The third kappa shape index (κ3) is 5.81. The number of carbonyl (C=O) groups excluding carboxylic acids is 1. The fourth-order valence-corrected chi connectivity index (χ4v) is 4.74. The molecule has 3 aromatic rings. The quantitative estimate of drug-likeness (QED) is 0.495. The first-order chi connectivity index (χ1) is 15.3. The molecule has 1 amide bonds. The first-order valence-electron chi connectivity index (χ1n) is 10.1. The Balaban J connectivity index is 1.92. The Labute approximate surface area is 193 Å². The topological polar surface area (TPSA) is 75.7 Å². The van der Waals surface area contributed by atoms with Gasteiger partial charge in [0.15, 0.2) is 0 Å². The average molecular weight is 473 g/mol. The molecule has 6 nitrogen and oxygen atoms in total.